The van der Waals surface area contributed by atoms with Gasteiger partial charge in [0.1, 0.15) is 11.6 Å². The minimum Gasteiger partial charge on any atom is -0.379 e. The van der Waals surface area contributed by atoms with E-state index in [1.807, 2.05) is 0 Å². The number of morpholine rings is 1. The van der Waals surface area contributed by atoms with Gasteiger partial charge in [-0.1, -0.05) is 26.7 Å². The molecule has 2 fully saturated rings. The Labute approximate surface area is 176 Å². The monoisotopic (exact) mass is 423 g/mol. The first-order chi connectivity index (χ1) is 14.4. The van der Waals surface area contributed by atoms with Gasteiger partial charge in [-0.25, -0.2) is 8.78 Å². The van der Waals surface area contributed by atoms with Crippen molar-refractivity contribution in [2.75, 3.05) is 44.3 Å². The zero-order valence-electron chi connectivity index (χ0n) is 17.7. The number of amides is 2. The molecule has 2 heterocycles. The van der Waals surface area contributed by atoms with Crippen LogP contribution >= 0.6 is 0 Å². The van der Waals surface area contributed by atoms with Crippen molar-refractivity contribution in [3.8, 4) is 0 Å². The van der Waals surface area contributed by atoms with Gasteiger partial charge in [0.2, 0.25) is 11.8 Å². The van der Waals surface area contributed by atoms with Gasteiger partial charge in [0.05, 0.1) is 19.1 Å². The second-order valence-electron chi connectivity index (χ2n) is 8.07. The summed E-state index contributed by atoms with van der Waals surface area (Å²) in [5.41, 5.74) is 0.149. The summed E-state index contributed by atoms with van der Waals surface area (Å²) in [5, 5.41) is 3.04. The number of hydrogen-bond donors (Lipinski definition) is 1. The first-order valence-corrected chi connectivity index (χ1v) is 10.8. The molecule has 1 N–H and O–H groups in total. The Hall–Kier alpha value is -2.06. The lowest BCUT2D eigenvalue weighted by Crippen LogP contribution is -2.52. The van der Waals surface area contributed by atoms with Crippen LogP contribution in [-0.4, -0.2) is 62.1 Å². The Morgan fingerprint density at radius 2 is 1.80 bits per heavy atom. The number of nitrogens with one attached hydrogen (secondary N) is 1. The molecule has 0 saturated carbocycles. The zero-order valence-corrected chi connectivity index (χ0v) is 17.7. The van der Waals surface area contributed by atoms with Gasteiger partial charge < -0.3 is 15.0 Å². The Morgan fingerprint density at radius 1 is 1.17 bits per heavy atom. The third-order valence-electron chi connectivity index (χ3n) is 6.25. The molecule has 2 unspecified atom stereocenters. The van der Waals surface area contributed by atoms with E-state index < -0.39 is 17.6 Å². The lowest BCUT2D eigenvalue weighted by molar-refractivity contribution is -0.126. The van der Waals surface area contributed by atoms with E-state index in [-0.39, 0.29) is 36.5 Å². The van der Waals surface area contributed by atoms with Crippen molar-refractivity contribution in [3.63, 3.8) is 0 Å². The highest BCUT2D eigenvalue weighted by molar-refractivity contribution is 6.00. The number of halogens is 2. The summed E-state index contributed by atoms with van der Waals surface area (Å²) in [5.74, 6) is -2.05. The molecule has 0 radical (unpaired) electrons. The second-order valence-corrected chi connectivity index (χ2v) is 8.07. The summed E-state index contributed by atoms with van der Waals surface area (Å²) in [6.45, 7) is 8.05. The van der Waals surface area contributed by atoms with E-state index in [0.29, 0.717) is 25.7 Å². The van der Waals surface area contributed by atoms with Crippen molar-refractivity contribution in [3.05, 3.63) is 29.8 Å². The van der Waals surface area contributed by atoms with Gasteiger partial charge in [0, 0.05) is 50.4 Å². The number of carbonyl (C=O) groups is 2. The molecule has 2 aliphatic heterocycles. The van der Waals surface area contributed by atoms with Crippen molar-refractivity contribution in [2.24, 2.45) is 11.8 Å². The maximum Gasteiger partial charge on any atom is 0.227 e. The number of rotatable bonds is 8. The molecule has 30 heavy (non-hydrogen) atoms. The van der Waals surface area contributed by atoms with Crippen LogP contribution in [0, 0.1) is 23.5 Å². The molecular weight excluding hydrogens is 392 g/mol. The van der Waals surface area contributed by atoms with E-state index in [0.717, 1.165) is 44.1 Å². The summed E-state index contributed by atoms with van der Waals surface area (Å²) in [6.07, 6.45) is 2.08. The van der Waals surface area contributed by atoms with Crippen LogP contribution in [0.2, 0.25) is 0 Å². The quantitative estimate of drug-likeness (QED) is 0.698. The van der Waals surface area contributed by atoms with Gasteiger partial charge in [-0.3, -0.25) is 14.5 Å². The fourth-order valence-electron chi connectivity index (χ4n) is 4.51. The number of nitrogens with zero attached hydrogens (tertiary/aromatic N) is 2. The van der Waals surface area contributed by atoms with Crippen LogP contribution in [0.4, 0.5) is 14.5 Å². The number of anilines is 1. The van der Waals surface area contributed by atoms with Crippen LogP contribution in [0.25, 0.3) is 0 Å². The molecule has 0 aliphatic carbocycles. The third-order valence-corrected chi connectivity index (χ3v) is 6.25. The molecule has 2 saturated heterocycles. The van der Waals surface area contributed by atoms with Crippen molar-refractivity contribution in [1.82, 2.24) is 10.2 Å². The van der Waals surface area contributed by atoms with Crippen LogP contribution < -0.4 is 10.2 Å². The number of carbonyl (C=O) groups excluding carboxylic acids is 2. The van der Waals surface area contributed by atoms with Gasteiger partial charge in [-0.15, -0.1) is 0 Å². The SMILES string of the molecule is CCC(CC)C(CNC(=O)C1CC(=O)N(c2cc(F)cc(F)c2)C1)N1CCOCC1. The predicted molar refractivity (Wildman–Crippen MR) is 110 cm³/mol. The summed E-state index contributed by atoms with van der Waals surface area (Å²) in [4.78, 5) is 28.9. The standard InChI is InChI=1S/C22H31F2N3O3/c1-3-15(4-2)20(26-5-7-30-8-6-26)13-25-22(29)16-9-21(28)27(14-16)19-11-17(23)10-18(24)12-19/h10-12,15-16,20H,3-9,13-14H2,1-2H3,(H,25,29). The molecule has 0 bridgehead atoms. The third kappa shape index (κ3) is 5.35. The molecule has 1 aromatic carbocycles. The molecule has 0 aromatic heterocycles. The van der Waals surface area contributed by atoms with Crippen LogP contribution in [-0.2, 0) is 14.3 Å². The highest BCUT2D eigenvalue weighted by Crippen LogP contribution is 2.27. The topological polar surface area (TPSA) is 61.9 Å². The van der Waals surface area contributed by atoms with Gasteiger partial charge in [0.25, 0.3) is 0 Å². The molecular formula is C22H31F2N3O3. The van der Waals surface area contributed by atoms with Crippen molar-refractivity contribution in [2.45, 2.75) is 39.2 Å². The van der Waals surface area contributed by atoms with E-state index in [2.05, 4.69) is 24.1 Å². The van der Waals surface area contributed by atoms with Crippen LogP contribution in [0.3, 0.4) is 0 Å². The molecule has 8 heteroatoms. The number of ether oxygens (including phenoxy) is 1. The normalized spacial score (nSPS) is 21.3. The minimum absolute atomic E-state index is 0.0389. The van der Waals surface area contributed by atoms with Crippen molar-refractivity contribution >= 4 is 17.5 Å². The van der Waals surface area contributed by atoms with Gasteiger partial charge in [-0.05, 0) is 18.1 Å². The maximum atomic E-state index is 13.5. The highest BCUT2D eigenvalue weighted by Gasteiger charge is 2.36. The molecule has 1 aromatic rings. The Morgan fingerprint density at radius 3 is 2.40 bits per heavy atom. The smallest absolute Gasteiger partial charge is 0.227 e. The van der Waals surface area contributed by atoms with E-state index in [4.69, 9.17) is 4.74 Å². The minimum atomic E-state index is -0.746. The summed E-state index contributed by atoms with van der Waals surface area (Å²) >= 11 is 0. The van der Waals surface area contributed by atoms with Gasteiger partial charge in [-0.2, -0.15) is 0 Å². The van der Waals surface area contributed by atoms with Crippen molar-refractivity contribution < 1.29 is 23.1 Å². The lowest BCUT2D eigenvalue weighted by Gasteiger charge is -2.39. The number of benzene rings is 1. The zero-order chi connectivity index (χ0) is 21.7. The maximum absolute atomic E-state index is 13.5. The first-order valence-electron chi connectivity index (χ1n) is 10.8. The fraction of sp³-hybridized carbons (Fsp3) is 0.636. The van der Waals surface area contributed by atoms with Gasteiger partial charge in [0.15, 0.2) is 0 Å². The molecule has 166 valence electrons. The van der Waals surface area contributed by atoms with E-state index >= 15 is 0 Å². The Kier molecular flexibility index (Phi) is 7.77. The van der Waals surface area contributed by atoms with Crippen LogP contribution in [0.1, 0.15) is 33.1 Å². The average molecular weight is 424 g/mol. The number of hydrogen-bond acceptors (Lipinski definition) is 4. The lowest BCUT2D eigenvalue weighted by atomic mass is 9.92. The molecule has 2 atom stereocenters. The van der Waals surface area contributed by atoms with Gasteiger partial charge >= 0.3 is 0 Å². The van der Waals surface area contributed by atoms with Crippen molar-refractivity contribution in [1.29, 1.82) is 0 Å². The molecule has 6 nitrogen and oxygen atoms in total. The Balaban J connectivity index is 1.62. The van der Waals surface area contributed by atoms with E-state index in [1.54, 1.807) is 0 Å². The largest absolute Gasteiger partial charge is 0.379 e. The summed E-state index contributed by atoms with van der Waals surface area (Å²) in [6, 6.07) is 3.21. The van der Waals surface area contributed by atoms with Crippen LogP contribution in [0.5, 0.6) is 0 Å². The summed E-state index contributed by atoms with van der Waals surface area (Å²) < 4.78 is 32.5. The average Bonchev–Trinajstić information content (AvgIpc) is 3.12. The summed E-state index contributed by atoms with van der Waals surface area (Å²) in [7, 11) is 0. The molecule has 2 aliphatic rings. The highest BCUT2D eigenvalue weighted by atomic mass is 19.1. The van der Waals surface area contributed by atoms with Crippen LogP contribution in [0.15, 0.2) is 18.2 Å². The Bertz CT molecular complexity index is 731. The molecule has 0 spiro atoms. The predicted octanol–water partition coefficient (Wildman–Crippen LogP) is 2.57. The molecule has 2 amide bonds. The van der Waals surface area contributed by atoms with E-state index in [9.17, 15) is 18.4 Å². The second kappa shape index (κ2) is 10.3. The first kappa shape index (κ1) is 22.6. The fourth-order valence-corrected chi connectivity index (χ4v) is 4.51. The molecule has 3 rings (SSSR count). The van der Waals surface area contributed by atoms with E-state index in [1.165, 1.54) is 4.90 Å².